The Morgan fingerprint density at radius 2 is 2.05 bits per heavy atom. The van der Waals surface area contributed by atoms with E-state index in [0.717, 1.165) is 28.2 Å². The van der Waals surface area contributed by atoms with E-state index >= 15 is 0 Å². The monoisotopic (exact) mass is 342 g/mol. The SMILES string of the molecule is Cc1ccc(-c2c(C)nc3sc(S(N)(=O)=O)nn23)cc1Cl. The Kier molecular flexibility index (Phi) is 3.28. The minimum absolute atomic E-state index is 0.163. The lowest BCUT2D eigenvalue weighted by molar-refractivity contribution is 0.595. The maximum absolute atomic E-state index is 11.4. The average Bonchev–Trinajstić information content (AvgIpc) is 2.89. The number of halogens is 1. The predicted octanol–water partition coefficient (Wildman–Crippen LogP) is 2.38. The highest BCUT2D eigenvalue weighted by molar-refractivity contribution is 7.91. The highest BCUT2D eigenvalue weighted by Gasteiger charge is 2.20. The summed E-state index contributed by atoms with van der Waals surface area (Å²) in [6.45, 7) is 3.74. The van der Waals surface area contributed by atoms with E-state index in [0.29, 0.717) is 15.7 Å². The normalized spacial score (nSPS) is 12.2. The first-order valence-corrected chi connectivity index (χ1v) is 8.67. The fraction of sp³-hybridized carbons (Fsp3) is 0.167. The van der Waals surface area contributed by atoms with Crippen molar-refractivity contribution < 1.29 is 8.42 Å². The van der Waals surface area contributed by atoms with Crippen LogP contribution in [0.2, 0.25) is 5.02 Å². The molecular formula is C12H11ClN4O2S2. The van der Waals surface area contributed by atoms with Crippen LogP contribution in [0.5, 0.6) is 0 Å². The van der Waals surface area contributed by atoms with Gasteiger partial charge in [-0.05, 0) is 25.5 Å². The molecule has 21 heavy (non-hydrogen) atoms. The Labute approximate surface area is 130 Å². The summed E-state index contributed by atoms with van der Waals surface area (Å²) >= 11 is 7.08. The quantitative estimate of drug-likeness (QED) is 0.774. The van der Waals surface area contributed by atoms with E-state index in [-0.39, 0.29) is 4.34 Å². The van der Waals surface area contributed by atoms with Gasteiger partial charge in [-0.1, -0.05) is 35.1 Å². The molecule has 0 fully saturated rings. The third kappa shape index (κ3) is 2.44. The maximum atomic E-state index is 11.4. The molecule has 0 aliphatic rings. The number of fused-ring (bicyclic) bond motifs is 1. The van der Waals surface area contributed by atoms with Crippen molar-refractivity contribution in [2.45, 2.75) is 18.2 Å². The molecule has 0 bridgehead atoms. The molecule has 1 aromatic carbocycles. The first kappa shape index (κ1) is 14.5. The molecule has 0 amide bonds. The molecule has 6 nitrogen and oxygen atoms in total. The maximum Gasteiger partial charge on any atom is 0.267 e. The number of benzene rings is 1. The number of sulfonamides is 1. The van der Waals surface area contributed by atoms with Crippen LogP contribution in [0.15, 0.2) is 22.5 Å². The summed E-state index contributed by atoms with van der Waals surface area (Å²) in [7, 11) is -3.84. The minimum atomic E-state index is -3.84. The fourth-order valence-electron chi connectivity index (χ4n) is 2.02. The van der Waals surface area contributed by atoms with Gasteiger partial charge in [0.25, 0.3) is 10.0 Å². The van der Waals surface area contributed by atoms with Gasteiger partial charge in [0, 0.05) is 10.6 Å². The van der Waals surface area contributed by atoms with Crippen molar-refractivity contribution in [2.75, 3.05) is 0 Å². The number of primary sulfonamides is 1. The van der Waals surface area contributed by atoms with E-state index in [1.54, 1.807) is 0 Å². The molecule has 2 heterocycles. The molecule has 110 valence electrons. The summed E-state index contributed by atoms with van der Waals surface area (Å²) in [5.74, 6) is 0. The number of rotatable bonds is 2. The van der Waals surface area contributed by atoms with E-state index in [2.05, 4.69) is 10.1 Å². The lowest BCUT2D eigenvalue weighted by atomic mass is 10.1. The van der Waals surface area contributed by atoms with E-state index in [4.69, 9.17) is 16.7 Å². The van der Waals surface area contributed by atoms with Crippen LogP contribution < -0.4 is 5.14 Å². The number of hydrogen-bond donors (Lipinski definition) is 1. The van der Waals surface area contributed by atoms with Crippen molar-refractivity contribution in [3.8, 4) is 11.3 Å². The van der Waals surface area contributed by atoms with Gasteiger partial charge >= 0.3 is 0 Å². The molecular weight excluding hydrogens is 332 g/mol. The van der Waals surface area contributed by atoms with Gasteiger partial charge in [-0.15, -0.1) is 5.10 Å². The van der Waals surface area contributed by atoms with Gasteiger partial charge in [0.15, 0.2) is 0 Å². The average molecular weight is 343 g/mol. The zero-order valence-electron chi connectivity index (χ0n) is 11.2. The second-order valence-corrected chi connectivity index (χ2v) is 7.72. The van der Waals surface area contributed by atoms with E-state index < -0.39 is 10.0 Å². The summed E-state index contributed by atoms with van der Waals surface area (Å²) in [5.41, 5.74) is 3.23. The molecule has 0 saturated carbocycles. The highest BCUT2D eigenvalue weighted by atomic mass is 35.5. The molecule has 2 N–H and O–H groups in total. The second kappa shape index (κ2) is 4.77. The van der Waals surface area contributed by atoms with Gasteiger partial charge in [-0.2, -0.15) is 0 Å². The van der Waals surface area contributed by atoms with Gasteiger partial charge in [0.05, 0.1) is 11.4 Å². The van der Waals surface area contributed by atoms with Crippen LogP contribution >= 0.6 is 22.9 Å². The number of aromatic nitrogens is 3. The third-order valence-corrected chi connectivity index (χ3v) is 5.67. The van der Waals surface area contributed by atoms with Crippen molar-refractivity contribution in [2.24, 2.45) is 5.14 Å². The summed E-state index contributed by atoms with van der Waals surface area (Å²) < 4.78 is 24.1. The van der Waals surface area contributed by atoms with Crippen LogP contribution in [0.1, 0.15) is 11.3 Å². The molecule has 9 heteroatoms. The Morgan fingerprint density at radius 1 is 1.33 bits per heavy atom. The molecule has 0 spiro atoms. The first-order chi connectivity index (χ1) is 9.77. The van der Waals surface area contributed by atoms with Crippen molar-refractivity contribution in [3.63, 3.8) is 0 Å². The topological polar surface area (TPSA) is 90.3 Å². The largest absolute Gasteiger partial charge is 0.267 e. The molecule has 2 aromatic heterocycles. The highest BCUT2D eigenvalue weighted by Crippen LogP contribution is 2.30. The Bertz CT molecular complexity index is 959. The molecule has 0 saturated heterocycles. The number of imidazole rings is 1. The van der Waals surface area contributed by atoms with Crippen LogP contribution in [-0.4, -0.2) is 23.0 Å². The summed E-state index contributed by atoms with van der Waals surface area (Å²) in [5, 5.41) is 9.79. The van der Waals surface area contributed by atoms with Crippen LogP contribution in [0, 0.1) is 13.8 Å². The van der Waals surface area contributed by atoms with Gasteiger partial charge in [-0.25, -0.2) is 23.1 Å². The van der Waals surface area contributed by atoms with Gasteiger partial charge < -0.3 is 0 Å². The van der Waals surface area contributed by atoms with Gasteiger partial charge in [0.1, 0.15) is 0 Å². The summed E-state index contributed by atoms with van der Waals surface area (Å²) in [6, 6.07) is 5.60. The molecule has 3 rings (SSSR count). The standard InChI is InChI=1S/C12H11ClN4O2S2/c1-6-3-4-8(5-9(6)13)10-7(2)15-11-17(10)16-12(20-11)21(14,18)19/h3-5H,1-2H3,(H2,14,18,19). The molecule has 0 radical (unpaired) electrons. The molecule has 0 unspecified atom stereocenters. The van der Waals surface area contributed by atoms with E-state index in [9.17, 15) is 8.42 Å². The number of nitrogens with two attached hydrogens (primary N) is 1. The van der Waals surface area contributed by atoms with E-state index in [1.165, 1.54) is 4.52 Å². The number of aryl methyl sites for hydroxylation is 2. The van der Waals surface area contributed by atoms with Crippen LogP contribution in [0.25, 0.3) is 16.2 Å². The minimum Gasteiger partial charge on any atom is -0.223 e. The van der Waals surface area contributed by atoms with Crippen molar-refractivity contribution in [1.82, 2.24) is 14.6 Å². The lowest BCUT2D eigenvalue weighted by Crippen LogP contribution is -2.12. The van der Waals surface area contributed by atoms with Crippen molar-refractivity contribution in [1.29, 1.82) is 0 Å². The van der Waals surface area contributed by atoms with Gasteiger partial charge in [-0.3, -0.25) is 0 Å². The first-order valence-electron chi connectivity index (χ1n) is 5.93. The fourth-order valence-corrected chi connectivity index (χ4v) is 3.76. The molecule has 3 aromatic rings. The van der Waals surface area contributed by atoms with Crippen LogP contribution in [-0.2, 0) is 10.0 Å². The molecule has 0 aliphatic carbocycles. The van der Waals surface area contributed by atoms with Crippen molar-refractivity contribution in [3.05, 3.63) is 34.5 Å². The predicted molar refractivity (Wildman–Crippen MR) is 82.2 cm³/mol. The smallest absolute Gasteiger partial charge is 0.223 e. The summed E-state index contributed by atoms with van der Waals surface area (Å²) in [4.78, 5) is 4.81. The van der Waals surface area contributed by atoms with Crippen LogP contribution in [0.3, 0.4) is 0 Å². The van der Waals surface area contributed by atoms with Crippen molar-refractivity contribution >= 4 is 37.9 Å². The molecule has 0 atom stereocenters. The van der Waals surface area contributed by atoms with Gasteiger partial charge in [0.2, 0.25) is 9.30 Å². The molecule has 0 aliphatic heterocycles. The third-order valence-electron chi connectivity index (χ3n) is 3.05. The second-order valence-electron chi connectivity index (χ2n) is 4.62. The lowest BCUT2D eigenvalue weighted by Gasteiger charge is -2.03. The Morgan fingerprint density at radius 3 is 2.67 bits per heavy atom. The van der Waals surface area contributed by atoms with E-state index in [1.807, 2.05) is 32.0 Å². The number of hydrogen-bond acceptors (Lipinski definition) is 5. The number of nitrogens with zero attached hydrogens (tertiary/aromatic N) is 3. The Hall–Kier alpha value is -1.48. The summed E-state index contributed by atoms with van der Waals surface area (Å²) in [6.07, 6.45) is 0. The zero-order chi connectivity index (χ0) is 15.4. The van der Waals surface area contributed by atoms with Crippen LogP contribution in [0.4, 0.5) is 0 Å². The Balaban J connectivity index is 2.28. The zero-order valence-corrected chi connectivity index (χ0v) is 13.6.